The lowest BCUT2D eigenvalue weighted by atomic mass is 9.74. The fraction of sp³-hybridized carbons (Fsp3) is 0.562. The van der Waals surface area contributed by atoms with E-state index < -0.39 is 21.3 Å². The van der Waals surface area contributed by atoms with Gasteiger partial charge >= 0.3 is 5.76 Å². The molecule has 7 nitrogen and oxygen atoms in total. The highest BCUT2D eigenvalue weighted by atomic mass is 35.5. The molecule has 9 heteroatoms. The van der Waals surface area contributed by atoms with Crippen LogP contribution in [0.1, 0.15) is 32.6 Å². The predicted octanol–water partition coefficient (Wildman–Crippen LogP) is 1.74. The van der Waals surface area contributed by atoms with E-state index in [2.05, 4.69) is 4.72 Å². The van der Waals surface area contributed by atoms with Crippen molar-refractivity contribution in [1.82, 2.24) is 9.29 Å². The maximum atomic E-state index is 12.9. The highest BCUT2D eigenvalue weighted by molar-refractivity contribution is 7.89. The first kappa shape index (κ1) is 20.0. The molecule has 2 atom stereocenters. The number of hydrogen-bond donors (Lipinski definition) is 2. The Labute approximate surface area is 153 Å². The van der Waals surface area contributed by atoms with Gasteiger partial charge in [0.2, 0.25) is 10.0 Å². The number of nitrogens with zero attached hydrogens (tertiary/aromatic N) is 1. The Morgan fingerprint density at radius 2 is 2.12 bits per heavy atom. The fourth-order valence-corrected chi connectivity index (χ4v) is 5.07. The van der Waals surface area contributed by atoms with Crippen molar-refractivity contribution in [3.63, 3.8) is 0 Å². The summed E-state index contributed by atoms with van der Waals surface area (Å²) in [6, 6.07) is 4.45. The Morgan fingerprint density at radius 1 is 1.40 bits per heavy atom. The van der Waals surface area contributed by atoms with Crippen molar-refractivity contribution in [1.29, 1.82) is 0 Å². The van der Waals surface area contributed by atoms with Crippen molar-refractivity contribution < 1.29 is 12.8 Å². The number of nitrogens with two attached hydrogens (primary N) is 1. The number of oxazole rings is 1. The molecule has 0 radical (unpaired) electrons. The molecule has 3 rings (SSSR count). The van der Waals surface area contributed by atoms with Crippen LogP contribution < -0.4 is 16.2 Å². The van der Waals surface area contributed by atoms with Gasteiger partial charge in [-0.1, -0.05) is 19.8 Å². The van der Waals surface area contributed by atoms with Crippen molar-refractivity contribution in [2.45, 2.75) is 43.0 Å². The van der Waals surface area contributed by atoms with E-state index in [1.54, 1.807) is 13.1 Å². The molecule has 140 valence electrons. The monoisotopic (exact) mass is 389 g/mol. The number of hydrogen-bond acceptors (Lipinski definition) is 5. The van der Waals surface area contributed by atoms with E-state index in [0.29, 0.717) is 5.52 Å². The molecule has 2 aromatic rings. The summed E-state index contributed by atoms with van der Waals surface area (Å²) in [5.74, 6) is -0.351. The lowest BCUT2D eigenvalue weighted by molar-refractivity contribution is 0.191. The van der Waals surface area contributed by atoms with Crippen LogP contribution in [-0.4, -0.2) is 25.1 Å². The summed E-state index contributed by atoms with van der Waals surface area (Å²) >= 11 is 0. The zero-order valence-corrected chi connectivity index (χ0v) is 16.0. The van der Waals surface area contributed by atoms with Crippen molar-refractivity contribution in [2.75, 3.05) is 6.54 Å². The molecular formula is C16H24ClN3O4S. The quantitative estimate of drug-likeness (QED) is 0.828. The van der Waals surface area contributed by atoms with Gasteiger partial charge in [-0.2, -0.15) is 0 Å². The molecule has 1 saturated carbocycles. The number of benzene rings is 1. The minimum atomic E-state index is -3.76. The third-order valence-corrected chi connectivity index (χ3v) is 6.78. The van der Waals surface area contributed by atoms with Gasteiger partial charge in [-0.3, -0.25) is 4.57 Å². The number of aryl methyl sites for hydroxylation is 1. The van der Waals surface area contributed by atoms with Crippen LogP contribution in [0.25, 0.3) is 11.1 Å². The van der Waals surface area contributed by atoms with E-state index in [4.69, 9.17) is 10.2 Å². The Morgan fingerprint density at radius 3 is 2.76 bits per heavy atom. The molecule has 1 aliphatic rings. The van der Waals surface area contributed by atoms with Gasteiger partial charge in [-0.25, -0.2) is 17.9 Å². The molecule has 3 N–H and O–H groups in total. The first-order chi connectivity index (χ1) is 11.3. The molecule has 1 aromatic carbocycles. The fourth-order valence-electron chi connectivity index (χ4n) is 3.52. The highest BCUT2D eigenvalue weighted by Crippen LogP contribution is 2.34. The van der Waals surface area contributed by atoms with Crippen molar-refractivity contribution in [2.24, 2.45) is 18.7 Å². The minimum absolute atomic E-state index is 0. The minimum Gasteiger partial charge on any atom is -0.408 e. The van der Waals surface area contributed by atoms with E-state index >= 15 is 0 Å². The largest absolute Gasteiger partial charge is 0.419 e. The van der Waals surface area contributed by atoms with Gasteiger partial charge in [0.25, 0.3) is 0 Å². The topological polar surface area (TPSA) is 107 Å². The summed E-state index contributed by atoms with van der Waals surface area (Å²) in [6.07, 6.45) is 3.72. The van der Waals surface area contributed by atoms with Crippen LogP contribution in [-0.2, 0) is 17.1 Å². The molecule has 0 spiro atoms. The highest BCUT2D eigenvalue weighted by Gasteiger charge is 2.40. The van der Waals surface area contributed by atoms with Crippen molar-refractivity contribution >= 4 is 33.5 Å². The molecule has 0 amide bonds. The van der Waals surface area contributed by atoms with Gasteiger partial charge in [-0.15, -0.1) is 12.4 Å². The van der Waals surface area contributed by atoms with E-state index in [9.17, 15) is 13.2 Å². The van der Waals surface area contributed by atoms with Gasteiger partial charge in [0.15, 0.2) is 5.58 Å². The lowest BCUT2D eigenvalue weighted by Gasteiger charge is -2.42. The standard InChI is InChI=1S/C16H23N3O4S.ClH/c1-11-5-3-4-8-16(11,10-17)18-24(21,22)12-6-7-13-14(9-12)23-15(20)19(13)2;/h6-7,9,11,18H,3-5,8,10,17H2,1-2H3;1H. The predicted molar refractivity (Wildman–Crippen MR) is 98.4 cm³/mol. The van der Waals surface area contributed by atoms with E-state index in [0.717, 1.165) is 25.7 Å². The Kier molecular flexibility index (Phi) is 5.68. The third kappa shape index (κ3) is 3.48. The molecule has 25 heavy (non-hydrogen) atoms. The van der Waals surface area contributed by atoms with E-state index in [-0.39, 0.29) is 35.3 Å². The van der Waals surface area contributed by atoms with Gasteiger partial charge in [0, 0.05) is 25.2 Å². The van der Waals surface area contributed by atoms with Crippen molar-refractivity contribution in [3.8, 4) is 0 Å². The molecule has 1 heterocycles. The van der Waals surface area contributed by atoms with Crippen LogP contribution in [0.5, 0.6) is 0 Å². The van der Waals surface area contributed by atoms with Crippen LogP contribution in [0.3, 0.4) is 0 Å². The van der Waals surface area contributed by atoms with Crippen LogP contribution in [0.2, 0.25) is 0 Å². The van der Waals surface area contributed by atoms with Gasteiger partial charge in [0.1, 0.15) is 0 Å². The number of fused-ring (bicyclic) bond motifs is 1. The summed E-state index contributed by atoms with van der Waals surface area (Å²) in [6.45, 7) is 2.30. The average molecular weight is 390 g/mol. The Hall–Kier alpha value is -1.35. The van der Waals surface area contributed by atoms with Gasteiger partial charge in [-0.05, 0) is 30.9 Å². The summed E-state index contributed by atoms with van der Waals surface area (Å²) in [5.41, 5.74) is 6.12. The van der Waals surface area contributed by atoms with Gasteiger partial charge in [0.05, 0.1) is 10.4 Å². The second-order valence-electron chi connectivity index (χ2n) is 6.67. The van der Waals surface area contributed by atoms with E-state index in [1.807, 2.05) is 6.92 Å². The van der Waals surface area contributed by atoms with Crippen LogP contribution in [0.4, 0.5) is 0 Å². The third-order valence-electron chi connectivity index (χ3n) is 5.23. The molecule has 0 bridgehead atoms. The molecule has 2 unspecified atom stereocenters. The first-order valence-electron chi connectivity index (χ1n) is 8.13. The van der Waals surface area contributed by atoms with Crippen LogP contribution in [0, 0.1) is 5.92 Å². The normalized spacial score (nSPS) is 24.2. The summed E-state index contributed by atoms with van der Waals surface area (Å²) in [7, 11) is -2.18. The lowest BCUT2D eigenvalue weighted by Crippen LogP contribution is -2.58. The average Bonchev–Trinajstić information content (AvgIpc) is 2.84. The summed E-state index contributed by atoms with van der Waals surface area (Å²) < 4.78 is 35.0. The summed E-state index contributed by atoms with van der Waals surface area (Å²) in [5, 5.41) is 0. The zero-order chi connectivity index (χ0) is 17.5. The Balaban J connectivity index is 0.00000225. The van der Waals surface area contributed by atoms with Crippen molar-refractivity contribution in [3.05, 3.63) is 28.7 Å². The second kappa shape index (κ2) is 7.11. The number of aromatic nitrogens is 1. The molecule has 0 saturated heterocycles. The van der Waals surface area contributed by atoms with Gasteiger partial charge < -0.3 is 10.2 Å². The summed E-state index contributed by atoms with van der Waals surface area (Å²) in [4.78, 5) is 11.6. The number of sulfonamides is 1. The maximum Gasteiger partial charge on any atom is 0.419 e. The second-order valence-corrected chi connectivity index (χ2v) is 8.35. The Bertz CT molecular complexity index is 921. The number of rotatable bonds is 4. The molecule has 0 aliphatic heterocycles. The maximum absolute atomic E-state index is 12.9. The molecule has 1 fully saturated rings. The smallest absolute Gasteiger partial charge is 0.408 e. The number of nitrogens with one attached hydrogen (secondary N) is 1. The van der Waals surface area contributed by atoms with Crippen LogP contribution >= 0.6 is 12.4 Å². The number of halogens is 1. The molecular weight excluding hydrogens is 366 g/mol. The molecule has 1 aliphatic carbocycles. The first-order valence-corrected chi connectivity index (χ1v) is 9.61. The zero-order valence-electron chi connectivity index (χ0n) is 14.3. The van der Waals surface area contributed by atoms with E-state index in [1.165, 1.54) is 16.7 Å². The molecule has 1 aromatic heterocycles. The SMILES string of the molecule is CC1CCCCC1(CN)NS(=O)(=O)c1ccc2c(c1)oc(=O)n2C.Cl. The van der Waals surface area contributed by atoms with Crippen LogP contribution in [0.15, 0.2) is 32.3 Å².